The SMILES string of the molecule is COc1ccc(C(=O)NC2CC(C)NN2)cc1F. The lowest BCUT2D eigenvalue weighted by Crippen LogP contribution is -2.44. The second-order valence-corrected chi connectivity index (χ2v) is 4.30. The van der Waals surface area contributed by atoms with Crippen molar-refractivity contribution in [2.45, 2.75) is 25.6 Å². The maximum atomic E-state index is 13.5. The van der Waals surface area contributed by atoms with Crippen molar-refractivity contribution in [2.24, 2.45) is 0 Å². The van der Waals surface area contributed by atoms with E-state index in [1.54, 1.807) is 0 Å². The predicted molar refractivity (Wildman–Crippen MR) is 64.6 cm³/mol. The lowest BCUT2D eigenvalue weighted by Gasteiger charge is -2.12. The summed E-state index contributed by atoms with van der Waals surface area (Å²) in [6, 6.07) is 4.43. The molecule has 1 aliphatic heterocycles. The van der Waals surface area contributed by atoms with Crippen LogP contribution in [0.15, 0.2) is 18.2 Å². The maximum absolute atomic E-state index is 13.5. The van der Waals surface area contributed by atoms with Crippen LogP contribution in [0.25, 0.3) is 0 Å². The summed E-state index contributed by atoms with van der Waals surface area (Å²) >= 11 is 0. The molecule has 2 rings (SSSR count). The molecule has 0 aliphatic carbocycles. The number of hydrazine groups is 1. The van der Waals surface area contributed by atoms with Gasteiger partial charge in [0.15, 0.2) is 11.6 Å². The molecule has 5 nitrogen and oxygen atoms in total. The fourth-order valence-corrected chi connectivity index (χ4v) is 1.86. The van der Waals surface area contributed by atoms with Gasteiger partial charge in [-0.05, 0) is 31.5 Å². The van der Waals surface area contributed by atoms with E-state index in [0.717, 1.165) is 6.42 Å². The standard InChI is InChI=1S/C12H16FN3O2/c1-7-5-11(16-15-7)14-12(17)8-3-4-10(18-2)9(13)6-8/h3-4,6-7,11,15-16H,5H2,1-2H3,(H,14,17). The fraction of sp³-hybridized carbons (Fsp3) is 0.417. The molecule has 1 aliphatic rings. The van der Waals surface area contributed by atoms with Crippen molar-refractivity contribution >= 4 is 5.91 Å². The summed E-state index contributed by atoms with van der Waals surface area (Å²) in [7, 11) is 1.38. The van der Waals surface area contributed by atoms with Gasteiger partial charge in [0, 0.05) is 11.6 Å². The highest BCUT2D eigenvalue weighted by atomic mass is 19.1. The van der Waals surface area contributed by atoms with Gasteiger partial charge < -0.3 is 10.1 Å². The minimum absolute atomic E-state index is 0.126. The van der Waals surface area contributed by atoms with E-state index < -0.39 is 5.82 Å². The third-order valence-electron chi connectivity index (χ3n) is 2.81. The quantitative estimate of drug-likeness (QED) is 0.745. The molecule has 0 saturated carbocycles. The Morgan fingerprint density at radius 3 is 2.83 bits per heavy atom. The monoisotopic (exact) mass is 253 g/mol. The van der Waals surface area contributed by atoms with Crippen molar-refractivity contribution in [2.75, 3.05) is 7.11 Å². The first kappa shape index (κ1) is 12.8. The lowest BCUT2D eigenvalue weighted by atomic mass is 10.2. The molecule has 1 fully saturated rings. The van der Waals surface area contributed by atoms with Gasteiger partial charge in [-0.25, -0.2) is 9.82 Å². The number of benzene rings is 1. The largest absolute Gasteiger partial charge is 0.494 e. The van der Waals surface area contributed by atoms with Crippen LogP contribution in [0.2, 0.25) is 0 Å². The molecule has 18 heavy (non-hydrogen) atoms. The molecule has 0 radical (unpaired) electrons. The highest BCUT2D eigenvalue weighted by Crippen LogP contribution is 2.17. The van der Waals surface area contributed by atoms with E-state index in [9.17, 15) is 9.18 Å². The van der Waals surface area contributed by atoms with Crippen LogP contribution in [-0.4, -0.2) is 25.2 Å². The number of ether oxygens (including phenoxy) is 1. The average Bonchev–Trinajstić information content (AvgIpc) is 2.74. The number of halogens is 1. The summed E-state index contributed by atoms with van der Waals surface area (Å²) in [6.45, 7) is 2.01. The highest BCUT2D eigenvalue weighted by molar-refractivity contribution is 5.94. The Hall–Kier alpha value is -1.66. The number of carbonyl (C=O) groups excluding carboxylic acids is 1. The average molecular weight is 253 g/mol. The van der Waals surface area contributed by atoms with E-state index in [2.05, 4.69) is 16.2 Å². The number of amides is 1. The minimum Gasteiger partial charge on any atom is -0.494 e. The smallest absolute Gasteiger partial charge is 0.252 e. The van der Waals surface area contributed by atoms with Crippen molar-refractivity contribution in [1.29, 1.82) is 0 Å². The van der Waals surface area contributed by atoms with E-state index in [-0.39, 0.29) is 23.4 Å². The van der Waals surface area contributed by atoms with Gasteiger partial charge in [-0.1, -0.05) is 0 Å². The fourth-order valence-electron chi connectivity index (χ4n) is 1.86. The first-order valence-corrected chi connectivity index (χ1v) is 5.75. The van der Waals surface area contributed by atoms with Crippen LogP contribution < -0.4 is 20.9 Å². The number of methoxy groups -OCH3 is 1. The lowest BCUT2D eigenvalue weighted by molar-refractivity contribution is 0.0932. The molecular weight excluding hydrogens is 237 g/mol. The zero-order valence-corrected chi connectivity index (χ0v) is 10.3. The number of nitrogens with one attached hydrogen (secondary N) is 3. The number of hydrogen-bond donors (Lipinski definition) is 3. The van der Waals surface area contributed by atoms with Gasteiger partial charge in [-0.2, -0.15) is 0 Å². The van der Waals surface area contributed by atoms with Gasteiger partial charge in [0.05, 0.1) is 13.3 Å². The minimum atomic E-state index is -0.545. The third-order valence-corrected chi connectivity index (χ3v) is 2.81. The van der Waals surface area contributed by atoms with Crippen LogP contribution in [0.3, 0.4) is 0 Å². The molecule has 1 aromatic carbocycles. The van der Waals surface area contributed by atoms with Crippen molar-refractivity contribution in [3.63, 3.8) is 0 Å². The molecule has 1 amide bonds. The molecule has 2 unspecified atom stereocenters. The summed E-state index contributed by atoms with van der Waals surface area (Å²) in [5.41, 5.74) is 6.21. The summed E-state index contributed by atoms with van der Waals surface area (Å²) in [5, 5.41) is 2.77. The topological polar surface area (TPSA) is 62.4 Å². The zero-order valence-electron chi connectivity index (χ0n) is 10.3. The molecule has 1 aromatic rings. The summed E-state index contributed by atoms with van der Waals surface area (Å²) in [6.07, 6.45) is 0.641. The maximum Gasteiger partial charge on any atom is 0.252 e. The van der Waals surface area contributed by atoms with Crippen LogP contribution >= 0.6 is 0 Å². The third kappa shape index (κ3) is 2.77. The number of rotatable bonds is 3. The Morgan fingerprint density at radius 1 is 1.50 bits per heavy atom. The van der Waals surface area contributed by atoms with Gasteiger partial charge in [0.1, 0.15) is 0 Å². The number of hydrogen-bond acceptors (Lipinski definition) is 4. The Bertz CT molecular complexity index is 453. The van der Waals surface area contributed by atoms with Gasteiger partial charge >= 0.3 is 0 Å². The highest BCUT2D eigenvalue weighted by Gasteiger charge is 2.22. The van der Waals surface area contributed by atoms with Crippen LogP contribution in [0.4, 0.5) is 4.39 Å². The van der Waals surface area contributed by atoms with E-state index in [4.69, 9.17) is 4.74 Å². The molecule has 0 spiro atoms. The van der Waals surface area contributed by atoms with Gasteiger partial charge in [-0.15, -0.1) is 0 Å². The molecule has 98 valence electrons. The van der Waals surface area contributed by atoms with Crippen molar-refractivity contribution < 1.29 is 13.9 Å². The van der Waals surface area contributed by atoms with Gasteiger partial charge in [-0.3, -0.25) is 10.2 Å². The zero-order chi connectivity index (χ0) is 13.1. The molecule has 1 heterocycles. The van der Waals surface area contributed by atoms with Crippen LogP contribution in [0.1, 0.15) is 23.7 Å². The Balaban J connectivity index is 2.02. The molecular formula is C12H16FN3O2. The summed E-state index contributed by atoms with van der Waals surface area (Å²) < 4.78 is 18.3. The summed E-state index contributed by atoms with van der Waals surface area (Å²) in [4.78, 5) is 11.9. The first-order chi connectivity index (χ1) is 8.60. The molecule has 6 heteroatoms. The van der Waals surface area contributed by atoms with E-state index in [1.165, 1.54) is 25.3 Å². The van der Waals surface area contributed by atoms with Crippen LogP contribution in [-0.2, 0) is 0 Å². The Morgan fingerprint density at radius 2 is 2.28 bits per heavy atom. The Kier molecular flexibility index (Phi) is 3.78. The van der Waals surface area contributed by atoms with Gasteiger partial charge in [0.25, 0.3) is 5.91 Å². The summed E-state index contributed by atoms with van der Waals surface area (Å²) in [5.74, 6) is -0.734. The van der Waals surface area contributed by atoms with E-state index in [0.29, 0.717) is 6.04 Å². The molecule has 0 aromatic heterocycles. The molecule has 2 atom stereocenters. The number of carbonyl (C=O) groups is 1. The molecule has 0 bridgehead atoms. The van der Waals surface area contributed by atoms with Crippen LogP contribution in [0, 0.1) is 5.82 Å². The first-order valence-electron chi connectivity index (χ1n) is 5.75. The van der Waals surface area contributed by atoms with Crippen molar-refractivity contribution in [3.8, 4) is 5.75 Å². The normalized spacial score (nSPS) is 22.8. The second kappa shape index (κ2) is 5.32. The second-order valence-electron chi connectivity index (χ2n) is 4.30. The van der Waals surface area contributed by atoms with Crippen LogP contribution in [0.5, 0.6) is 5.75 Å². The molecule has 3 N–H and O–H groups in total. The predicted octanol–water partition coefficient (Wildman–Crippen LogP) is 0.777. The van der Waals surface area contributed by atoms with Crippen molar-refractivity contribution in [3.05, 3.63) is 29.6 Å². The van der Waals surface area contributed by atoms with Gasteiger partial charge in [0.2, 0.25) is 0 Å². The Labute approximate surface area is 105 Å². The van der Waals surface area contributed by atoms with Crippen molar-refractivity contribution in [1.82, 2.24) is 16.2 Å². The van der Waals surface area contributed by atoms with E-state index in [1.807, 2.05) is 6.92 Å². The van der Waals surface area contributed by atoms with E-state index >= 15 is 0 Å². The molecule has 1 saturated heterocycles.